The van der Waals surface area contributed by atoms with Crippen molar-refractivity contribution in [3.63, 3.8) is 0 Å². The molecule has 6 rings (SSSR count). The van der Waals surface area contributed by atoms with E-state index in [4.69, 9.17) is 5.10 Å². The number of benzene rings is 3. The van der Waals surface area contributed by atoms with Gasteiger partial charge in [-0.05, 0) is 86.2 Å². The van der Waals surface area contributed by atoms with Crippen molar-refractivity contribution in [1.29, 1.82) is 0 Å². The molecule has 0 saturated carbocycles. The molecule has 4 nitrogen and oxygen atoms in total. The second-order valence-electron chi connectivity index (χ2n) is 11.7. The fourth-order valence-electron chi connectivity index (χ4n) is 6.39. The Hall–Kier alpha value is -3.91. The molecule has 42 heavy (non-hydrogen) atoms. The lowest BCUT2D eigenvalue weighted by Crippen LogP contribution is -2.36. The number of para-hydroxylation sites is 1. The normalized spacial score (nSPS) is 15.1. The average Bonchev–Trinajstić information content (AvgIpc) is 3.62. The molecule has 0 radical (unpaired) electrons. The van der Waals surface area contributed by atoms with Gasteiger partial charge in [-0.15, -0.1) is 0 Å². The SMILES string of the molecule is CCc1cccc(CC)c1-n1nc2c(c1-c1cc(F)cc3[nH]ccc13)CN(Cc1ccc(C(F)(F)F)cc1C)C2(C)C. The van der Waals surface area contributed by atoms with Gasteiger partial charge in [0.15, 0.2) is 0 Å². The summed E-state index contributed by atoms with van der Waals surface area (Å²) in [5.41, 5.74) is 7.83. The van der Waals surface area contributed by atoms with Crippen molar-refractivity contribution >= 4 is 10.9 Å². The molecule has 1 aliphatic rings. The fourth-order valence-corrected chi connectivity index (χ4v) is 6.39. The summed E-state index contributed by atoms with van der Waals surface area (Å²) in [5, 5.41) is 6.19. The summed E-state index contributed by atoms with van der Waals surface area (Å²) in [5.74, 6) is -0.338. The third kappa shape index (κ3) is 4.53. The van der Waals surface area contributed by atoms with Gasteiger partial charge in [0.05, 0.1) is 28.2 Å². The van der Waals surface area contributed by atoms with E-state index in [2.05, 4.69) is 55.8 Å². The number of fused-ring (bicyclic) bond motifs is 2. The van der Waals surface area contributed by atoms with Crippen LogP contribution in [0.2, 0.25) is 0 Å². The Kier molecular flexibility index (Phi) is 6.80. The Morgan fingerprint density at radius 2 is 1.67 bits per heavy atom. The van der Waals surface area contributed by atoms with E-state index in [1.807, 2.05) is 16.9 Å². The van der Waals surface area contributed by atoms with Crippen molar-refractivity contribution in [2.45, 2.75) is 72.3 Å². The first-order valence-corrected chi connectivity index (χ1v) is 14.4. The number of hydrogen-bond donors (Lipinski definition) is 1. The van der Waals surface area contributed by atoms with E-state index >= 15 is 4.39 Å². The third-order valence-electron chi connectivity index (χ3n) is 8.80. The Morgan fingerprint density at radius 1 is 0.952 bits per heavy atom. The van der Waals surface area contributed by atoms with Gasteiger partial charge < -0.3 is 4.98 Å². The summed E-state index contributed by atoms with van der Waals surface area (Å²) in [6.07, 6.45) is -0.932. The number of H-pyrrole nitrogens is 1. The highest BCUT2D eigenvalue weighted by molar-refractivity contribution is 5.96. The van der Waals surface area contributed by atoms with Crippen LogP contribution in [0.4, 0.5) is 17.6 Å². The molecule has 2 aromatic heterocycles. The number of rotatable bonds is 6. The summed E-state index contributed by atoms with van der Waals surface area (Å²) in [7, 11) is 0. The zero-order valence-corrected chi connectivity index (χ0v) is 24.5. The molecule has 3 aromatic carbocycles. The molecule has 0 atom stereocenters. The minimum absolute atomic E-state index is 0.338. The maximum atomic E-state index is 15.1. The minimum Gasteiger partial charge on any atom is -0.361 e. The van der Waals surface area contributed by atoms with Crippen molar-refractivity contribution in [1.82, 2.24) is 19.7 Å². The van der Waals surface area contributed by atoms with Crippen LogP contribution in [0.25, 0.3) is 27.8 Å². The monoisotopic (exact) mass is 574 g/mol. The predicted octanol–water partition coefficient (Wildman–Crippen LogP) is 8.86. The van der Waals surface area contributed by atoms with Gasteiger partial charge in [0.1, 0.15) is 5.82 Å². The zero-order valence-electron chi connectivity index (χ0n) is 24.5. The lowest BCUT2D eigenvalue weighted by Gasteiger charge is -2.32. The molecule has 0 saturated heterocycles. The fraction of sp³-hybridized carbons (Fsp3) is 0.324. The molecule has 0 amide bonds. The van der Waals surface area contributed by atoms with E-state index in [1.165, 1.54) is 12.1 Å². The van der Waals surface area contributed by atoms with E-state index in [0.29, 0.717) is 24.2 Å². The number of nitrogens with zero attached hydrogens (tertiary/aromatic N) is 3. The molecule has 5 aromatic rings. The van der Waals surface area contributed by atoms with Gasteiger partial charge >= 0.3 is 6.18 Å². The van der Waals surface area contributed by atoms with Crippen LogP contribution in [0.1, 0.15) is 66.8 Å². The van der Waals surface area contributed by atoms with Gasteiger partial charge in [-0.1, -0.05) is 38.1 Å². The molecule has 1 N–H and O–H groups in total. The van der Waals surface area contributed by atoms with Crippen LogP contribution in [0, 0.1) is 12.7 Å². The first-order valence-electron chi connectivity index (χ1n) is 14.4. The highest BCUT2D eigenvalue weighted by atomic mass is 19.4. The van der Waals surface area contributed by atoms with Crippen LogP contribution >= 0.6 is 0 Å². The van der Waals surface area contributed by atoms with Gasteiger partial charge in [-0.2, -0.15) is 18.3 Å². The number of halogens is 4. The zero-order chi connectivity index (χ0) is 30.0. The standard InChI is InChI=1S/C34H34F4N4/c1-6-21-9-8-10-22(7-2)30(21)42-31(27-16-25(35)17-29-26(27)13-14-39-29)28-19-41(33(4,5)32(28)40-42)18-23-11-12-24(15-20(23)3)34(36,37)38/h8-17,39H,6-7,18-19H2,1-5H3. The van der Waals surface area contributed by atoms with Crippen molar-refractivity contribution in [2.75, 3.05) is 0 Å². The van der Waals surface area contributed by atoms with E-state index in [1.54, 1.807) is 19.1 Å². The molecule has 0 spiro atoms. The largest absolute Gasteiger partial charge is 0.416 e. The van der Waals surface area contributed by atoms with Gasteiger partial charge in [0, 0.05) is 41.3 Å². The van der Waals surface area contributed by atoms with E-state index in [-0.39, 0.29) is 5.82 Å². The Morgan fingerprint density at radius 3 is 2.31 bits per heavy atom. The lowest BCUT2D eigenvalue weighted by atomic mass is 9.96. The van der Waals surface area contributed by atoms with Crippen LogP contribution in [-0.2, 0) is 37.6 Å². The summed E-state index contributed by atoms with van der Waals surface area (Å²) < 4.78 is 57.1. The molecule has 0 bridgehead atoms. The van der Waals surface area contributed by atoms with E-state index in [9.17, 15) is 13.2 Å². The van der Waals surface area contributed by atoms with Gasteiger partial charge in [-0.3, -0.25) is 4.90 Å². The first kappa shape index (κ1) is 28.2. The molecule has 0 fully saturated rings. The molecule has 0 unspecified atom stereocenters. The third-order valence-corrected chi connectivity index (χ3v) is 8.80. The number of aryl methyl sites for hydroxylation is 3. The molecule has 218 valence electrons. The van der Waals surface area contributed by atoms with Crippen molar-refractivity contribution in [2.24, 2.45) is 0 Å². The van der Waals surface area contributed by atoms with E-state index in [0.717, 1.165) is 69.2 Å². The molecular formula is C34H34F4N4. The first-order chi connectivity index (χ1) is 19.9. The molecule has 1 aliphatic heterocycles. The minimum atomic E-state index is -4.38. The number of hydrogen-bond acceptors (Lipinski definition) is 2. The van der Waals surface area contributed by atoms with Crippen molar-refractivity contribution in [3.05, 3.63) is 106 Å². The van der Waals surface area contributed by atoms with E-state index < -0.39 is 17.3 Å². The summed E-state index contributed by atoms with van der Waals surface area (Å²) in [4.78, 5) is 5.40. The average molecular weight is 575 g/mol. The summed E-state index contributed by atoms with van der Waals surface area (Å²) >= 11 is 0. The molecule has 0 aliphatic carbocycles. The molecule has 3 heterocycles. The van der Waals surface area contributed by atoms with Crippen LogP contribution < -0.4 is 0 Å². The van der Waals surface area contributed by atoms with Crippen molar-refractivity contribution in [3.8, 4) is 16.9 Å². The van der Waals surface area contributed by atoms with Crippen LogP contribution in [0.5, 0.6) is 0 Å². The number of aromatic amines is 1. The highest BCUT2D eigenvalue weighted by Crippen LogP contribution is 2.46. The Balaban J connectivity index is 1.54. The summed E-state index contributed by atoms with van der Waals surface area (Å²) in [6.45, 7) is 11.2. The van der Waals surface area contributed by atoms with Gasteiger partial charge in [0.2, 0.25) is 0 Å². The van der Waals surface area contributed by atoms with Gasteiger partial charge in [-0.25, -0.2) is 9.07 Å². The Labute approximate surface area is 243 Å². The topological polar surface area (TPSA) is 36.9 Å². The quantitative estimate of drug-likeness (QED) is 0.206. The van der Waals surface area contributed by atoms with Crippen LogP contribution in [0.15, 0.2) is 60.8 Å². The Bertz CT molecular complexity index is 1790. The number of alkyl halides is 3. The van der Waals surface area contributed by atoms with Crippen molar-refractivity contribution < 1.29 is 17.6 Å². The number of nitrogens with one attached hydrogen (secondary N) is 1. The molecular weight excluding hydrogens is 540 g/mol. The van der Waals surface area contributed by atoms with Crippen LogP contribution in [-0.4, -0.2) is 19.7 Å². The maximum Gasteiger partial charge on any atom is 0.416 e. The predicted molar refractivity (Wildman–Crippen MR) is 158 cm³/mol. The second kappa shape index (κ2) is 10.1. The second-order valence-corrected chi connectivity index (χ2v) is 11.7. The lowest BCUT2D eigenvalue weighted by molar-refractivity contribution is -0.137. The molecule has 8 heteroatoms. The van der Waals surface area contributed by atoms with Gasteiger partial charge in [0.25, 0.3) is 0 Å². The number of aromatic nitrogens is 3. The maximum absolute atomic E-state index is 15.1. The highest BCUT2D eigenvalue weighted by Gasteiger charge is 2.43. The summed E-state index contributed by atoms with van der Waals surface area (Å²) in [6, 6.07) is 15.3. The smallest absolute Gasteiger partial charge is 0.361 e. The van der Waals surface area contributed by atoms with Crippen LogP contribution in [0.3, 0.4) is 0 Å².